The highest BCUT2D eigenvalue weighted by Crippen LogP contribution is 2.34. The van der Waals surface area contributed by atoms with Gasteiger partial charge in [0.05, 0.1) is 10.9 Å². The Morgan fingerprint density at radius 2 is 2.00 bits per heavy atom. The monoisotopic (exact) mass is 314 g/mol. The van der Waals surface area contributed by atoms with Gasteiger partial charge < -0.3 is 0 Å². The first-order chi connectivity index (χ1) is 7.23. The molecule has 0 heterocycles. The summed E-state index contributed by atoms with van der Waals surface area (Å²) < 4.78 is 38.2. The van der Waals surface area contributed by atoms with Crippen LogP contribution >= 0.6 is 27.5 Å². The molecule has 1 aromatic carbocycles. The van der Waals surface area contributed by atoms with E-state index in [1.54, 1.807) is 0 Å². The van der Waals surface area contributed by atoms with E-state index in [2.05, 4.69) is 15.9 Å². The van der Waals surface area contributed by atoms with Gasteiger partial charge in [0, 0.05) is 10.0 Å². The van der Waals surface area contributed by atoms with Crippen LogP contribution in [0.3, 0.4) is 0 Å². The smallest absolute Gasteiger partial charge is 0.293 e. The zero-order valence-corrected chi connectivity index (χ0v) is 10.4. The van der Waals surface area contributed by atoms with Crippen LogP contribution in [0.5, 0.6) is 0 Å². The fraction of sp³-hybridized carbons (Fsp3) is 0.300. The van der Waals surface area contributed by atoms with Gasteiger partial charge in [-0.15, -0.1) is 11.6 Å². The normalized spacial score (nSPS) is 13.6. The topological polar surface area (TPSA) is 17.1 Å². The van der Waals surface area contributed by atoms with E-state index in [4.69, 9.17) is 11.6 Å². The first kappa shape index (κ1) is 13.5. The van der Waals surface area contributed by atoms with Crippen molar-refractivity contribution in [1.82, 2.24) is 0 Å². The third-order valence-corrected chi connectivity index (χ3v) is 2.61. The van der Waals surface area contributed by atoms with Gasteiger partial charge in [-0.3, -0.25) is 4.79 Å². The summed E-state index contributed by atoms with van der Waals surface area (Å²) in [7, 11) is 0. The molecule has 0 N–H and O–H groups in total. The molecule has 0 fully saturated rings. The number of hydrogen-bond acceptors (Lipinski definition) is 1. The van der Waals surface area contributed by atoms with E-state index in [9.17, 15) is 18.0 Å². The van der Waals surface area contributed by atoms with E-state index < -0.39 is 28.5 Å². The molecule has 6 heteroatoms. The number of benzene rings is 1. The van der Waals surface area contributed by atoms with E-state index in [0.717, 1.165) is 12.1 Å². The number of hydrogen-bond donors (Lipinski definition) is 0. The van der Waals surface area contributed by atoms with Crippen molar-refractivity contribution in [2.24, 2.45) is 0 Å². The minimum Gasteiger partial charge on any atom is -0.293 e. The summed E-state index contributed by atoms with van der Waals surface area (Å²) in [6, 6.07) is 3.36. The molecule has 0 radical (unpaired) electrons. The van der Waals surface area contributed by atoms with Crippen LogP contribution in [0, 0.1) is 0 Å². The highest BCUT2D eigenvalue weighted by molar-refractivity contribution is 9.10. The van der Waals surface area contributed by atoms with E-state index in [0.29, 0.717) is 0 Å². The average molecular weight is 316 g/mol. The van der Waals surface area contributed by atoms with Crippen molar-refractivity contribution in [3.63, 3.8) is 0 Å². The van der Waals surface area contributed by atoms with Gasteiger partial charge in [0.2, 0.25) is 0 Å². The van der Waals surface area contributed by atoms with Crippen molar-refractivity contribution in [2.75, 3.05) is 0 Å². The predicted octanol–water partition coefficient (Wildman–Crippen LogP) is 4.28. The van der Waals surface area contributed by atoms with Crippen LogP contribution in [-0.4, -0.2) is 11.2 Å². The van der Waals surface area contributed by atoms with E-state index >= 15 is 0 Å². The van der Waals surface area contributed by atoms with Gasteiger partial charge >= 0.3 is 6.18 Å². The molecule has 0 amide bonds. The number of halogens is 5. The maximum Gasteiger partial charge on any atom is 0.417 e. The molecule has 1 rings (SSSR count). The zero-order valence-electron chi connectivity index (χ0n) is 8.11. The van der Waals surface area contributed by atoms with Gasteiger partial charge in [0.1, 0.15) is 0 Å². The summed E-state index contributed by atoms with van der Waals surface area (Å²) in [5.41, 5.74) is -1.38. The molecule has 0 bridgehead atoms. The molecule has 1 unspecified atom stereocenters. The summed E-state index contributed by atoms with van der Waals surface area (Å²) >= 11 is 8.43. The Morgan fingerprint density at radius 1 is 1.44 bits per heavy atom. The van der Waals surface area contributed by atoms with Crippen LogP contribution in [0.1, 0.15) is 22.8 Å². The van der Waals surface area contributed by atoms with E-state index in [1.165, 1.54) is 13.0 Å². The van der Waals surface area contributed by atoms with Gasteiger partial charge in [-0.25, -0.2) is 0 Å². The Kier molecular flexibility index (Phi) is 4.02. The molecule has 88 valence electrons. The molecule has 1 aromatic rings. The van der Waals surface area contributed by atoms with E-state index in [1.807, 2.05) is 0 Å². The van der Waals surface area contributed by atoms with Crippen LogP contribution < -0.4 is 0 Å². The zero-order chi connectivity index (χ0) is 12.5. The highest BCUT2D eigenvalue weighted by atomic mass is 79.9. The highest BCUT2D eigenvalue weighted by Gasteiger charge is 2.35. The van der Waals surface area contributed by atoms with Crippen LogP contribution in [-0.2, 0) is 6.18 Å². The van der Waals surface area contributed by atoms with Crippen molar-refractivity contribution >= 4 is 33.3 Å². The molecule has 1 nitrogen and oxygen atoms in total. The molecular formula is C10H7BrClF3O. The number of alkyl halides is 4. The lowest BCUT2D eigenvalue weighted by molar-refractivity contribution is -0.137. The summed E-state index contributed by atoms with van der Waals surface area (Å²) in [5, 5.41) is -0.984. The number of rotatable bonds is 2. The second-order valence-electron chi connectivity index (χ2n) is 3.17. The number of Topliss-reactive ketones (excluding diaryl/α,β-unsaturated/α-hetero) is 1. The molecule has 1 atom stereocenters. The standard InChI is InChI=1S/C10H7BrClF3O/c1-5(12)9(16)7-3-2-6(11)4-8(7)10(13,14)15/h2-5H,1H3. The molecule has 0 aliphatic heterocycles. The SMILES string of the molecule is CC(Cl)C(=O)c1ccc(Br)cc1C(F)(F)F. The summed E-state index contributed by atoms with van der Waals surface area (Å²) in [4.78, 5) is 11.5. The predicted molar refractivity (Wildman–Crippen MR) is 58.8 cm³/mol. The third-order valence-electron chi connectivity index (χ3n) is 1.91. The molecule has 0 aromatic heterocycles. The van der Waals surface area contributed by atoms with Gasteiger partial charge in [-0.2, -0.15) is 13.2 Å². The minimum atomic E-state index is -4.57. The van der Waals surface area contributed by atoms with Crippen molar-refractivity contribution in [1.29, 1.82) is 0 Å². The number of carbonyl (C=O) groups excluding carboxylic acids is 1. The fourth-order valence-electron chi connectivity index (χ4n) is 1.18. The Bertz CT molecular complexity index is 415. The van der Waals surface area contributed by atoms with Crippen molar-refractivity contribution in [3.05, 3.63) is 33.8 Å². The Balaban J connectivity index is 3.34. The quantitative estimate of drug-likeness (QED) is 0.588. The molecule has 16 heavy (non-hydrogen) atoms. The van der Waals surface area contributed by atoms with E-state index in [-0.39, 0.29) is 4.47 Å². The van der Waals surface area contributed by atoms with Gasteiger partial charge in [0.25, 0.3) is 0 Å². The first-order valence-electron chi connectivity index (χ1n) is 4.28. The van der Waals surface area contributed by atoms with Crippen LogP contribution in [0.15, 0.2) is 22.7 Å². The molecule has 0 spiro atoms. The summed E-state index contributed by atoms with van der Waals surface area (Å²) in [5.74, 6) is -0.735. The second kappa shape index (κ2) is 4.75. The van der Waals surface area contributed by atoms with Crippen LogP contribution in [0.2, 0.25) is 0 Å². The van der Waals surface area contributed by atoms with Crippen molar-refractivity contribution < 1.29 is 18.0 Å². The largest absolute Gasteiger partial charge is 0.417 e. The molecule has 0 aliphatic carbocycles. The van der Waals surface area contributed by atoms with Crippen LogP contribution in [0.25, 0.3) is 0 Å². The number of ketones is 1. The molecular weight excluding hydrogens is 308 g/mol. The van der Waals surface area contributed by atoms with Crippen molar-refractivity contribution in [3.8, 4) is 0 Å². The molecule has 0 saturated heterocycles. The Labute approximate surface area is 104 Å². The van der Waals surface area contributed by atoms with Gasteiger partial charge in [0.15, 0.2) is 5.78 Å². The first-order valence-corrected chi connectivity index (χ1v) is 5.51. The summed E-state index contributed by atoms with van der Waals surface area (Å²) in [6.07, 6.45) is -4.57. The lowest BCUT2D eigenvalue weighted by Crippen LogP contribution is -2.18. The number of carbonyl (C=O) groups is 1. The maximum absolute atomic E-state index is 12.6. The molecule has 0 aliphatic rings. The minimum absolute atomic E-state index is 0.263. The lowest BCUT2D eigenvalue weighted by atomic mass is 10.0. The van der Waals surface area contributed by atoms with Crippen LogP contribution in [0.4, 0.5) is 13.2 Å². The van der Waals surface area contributed by atoms with Crippen molar-refractivity contribution in [2.45, 2.75) is 18.5 Å². The fourth-order valence-corrected chi connectivity index (χ4v) is 1.66. The second-order valence-corrected chi connectivity index (χ2v) is 4.74. The Hall–Kier alpha value is -0.550. The maximum atomic E-state index is 12.6. The molecule has 0 saturated carbocycles. The summed E-state index contributed by atoms with van der Waals surface area (Å²) in [6.45, 7) is 1.34. The van der Waals surface area contributed by atoms with Gasteiger partial charge in [-0.1, -0.05) is 15.9 Å². The van der Waals surface area contributed by atoms with Gasteiger partial charge in [-0.05, 0) is 25.1 Å². The third kappa shape index (κ3) is 2.98. The lowest BCUT2D eigenvalue weighted by Gasteiger charge is -2.13. The average Bonchev–Trinajstić information content (AvgIpc) is 2.15. The Morgan fingerprint density at radius 3 is 2.44 bits per heavy atom.